The van der Waals surface area contributed by atoms with Crippen LogP contribution in [0.25, 0.3) is 0 Å². The monoisotopic (exact) mass is 292 g/mol. The molecule has 0 aliphatic heterocycles. The maximum Gasteiger partial charge on any atom is 0.208 e. The number of oxime groups is 1. The fraction of sp³-hybridized carbons (Fsp3) is 0.286. The summed E-state index contributed by atoms with van der Waals surface area (Å²) in [7, 11) is 0. The maximum absolute atomic E-state index is 13.2. The zero-order chi connectivity index (χ0) is 15.2. The molecule has 2 aromatic rings. The van der Waals surface area contributed by atoms with E-state index in [4.69, 9.17) is 15.4 Å². The molecule has 0 saturated carbocycles. The Morgan fingerprint density at radius 1 is 1.48 bits per heavy atom. The second-order valence-electron chi connectivity index (χ2n) is 4.46. The highest BCUT2D eigenvalue weighted by molar-refractivity contribution is 5.98. The number of oxazole rings is 1. The maximum atomic E-state index is 13.2. The summed E-state index contributed by atoms with van der Waals surface area (Å²) in [4.78, 5) is 4.13. The molecule has 0 bridgehead atoms. The number of rotatable bonds is 6. The van der Waals surface area contributed by atoms with Gasteiger partial charge in [-0.3, -0.25) is 0 Å². The number of hydrogen-bond donors (Lipinski definition) is 3. The number of benzene rings is 1. The Kier molecular flexibility index (Phi) is 4.89. The van der Waals surface area contributed by atoms with Crippen LogP contribution >= 0.6 is 0 Å². The molecule has 1 aromatic carbocycles. The molecule has 0 saturated heterocycles. The van der Waals surface area contributed by atoms with Gasteiger partial charge in [0, 0.05) is 18.5 Å². The van der Waals surface area contributed by atoms with Crippen molar-refractivity contribution in [3.05, 3.63) is 53.0 Å². The fourth-order valence-electron chi connectivity index (χ4n) is 1.89. The molecule has 6 nitrogen and oxygen atoms in total. The first-order valence-electron chi connectivity index (χ1n) is 6.54. The molecule has 0 aliphatic carbocycles. The molecule has 1 aromatic heterocycles. The lowest BCUT2D eigenvalue weighted by molar-refractivity contribution is 0.318. The average Bonchev–Trinajstić information content (AvgIpc) is 2.96. The van der Waals surface area contributed by atoms with E-state index in [1.807, 2.05) is 6.92 Å². The van der Waals surface area contributed by atoms with Crippen LogP contribution in [-0.2, 0) is 19.5 Å². The van der Waals surface area contributed by atoms with Crippen LogP contribution < -0.4 is 11.1 Å². The Balaban J connectivity index is 2.02. The van der Waals surface area contributed by atoms with E-state index in [2.05, 4.69) is 15.5 Å². The summed E-state index contributed by atoms with van der Waals surface area (Å²) >= 11 is 0. The second-order valence-corrected chi connectivity index (χ2v) is 4.46. The van der Waals surface area contributed by atoms with Gasteiger partial charge in [0.1, 0.15) is 11.6 Å². The van der Waals surface area contributed by atoms with Gasteiger partial charge in [0.15, 0.2) is 5.84 Å². The first-order chi connectivity index (χ1) is 10.1. The summed E-state index contributed by atoms with van der Waals surface area (Å²) < 4.78 is 18.7. The van der Waals surface area contributed by atoms with Crippen molar-refractivity contribution in [2.24, 2.45) is 10.9 Å². The minimum atomic E-state index is -0.444. The molecule has 0 spiro atoms. The van der Waals surface area contributed by atoms with Crippen LogP contribution in [0.4, 0.5) is 4.39 Å². The topological polar surface area (TPSA) is 96.7 Å². The minimum Gasteiger partial charge on any atom is -0.444 e. The van der Waals surface area contributed by atoms with Crippen molar-refractivity contribution in [1.82, 2.24) is 10.3 Å². The van der Waals surface area contributed by atoms with E-state index >= 15 is 0 Å². The summed E-state index contributed by atoms with van der Waals surface area (Å²) in [5, 5.41) is 14.8. The van der Waals surface area contributed by atoms with Gasteiger partial charge < -0.3 is 20.7 Å². The lowest BCUT2D eigenvalue weighted by Gasteiger charge is -2.09. The van der Waals surface area contributed by atoms with Crippen molar-refractivity contribution in [2.45, 2.75) is 26.4 Å². The van der Waals surface area contributed by atoms with Crippen LogP contribution in [-0.4, -0.2) is 16.0 Å². The number of nitrogens with zero attached hydrogens (tertiary/aromatic N) is 2. The van der Waals surface area contributed by atoms with E-state index in [1.165, 1.54) is 12.1 Å². The Hall–Kier alpha value is -2.41. The van der Waals surface area contributed by atoms with Crippen molar-refractivity contribution >= 4 is 5.84 Å². The Morgan fingerprint density at radius 3 is 2.95 bits per heavy atom. The first-order valence-corrected chi connectivity index (χ1v) is 6.54. The highest BCUT2D eigenvalue weighted by atomic mass is 19.1. The molecule has 0 atom stereocenters. The summed E-state index contributed by atoms with van der Waals surface area (Å²) in [5.41, 5.74) is 6.61. The van der Waals surface area contributed by atoms with Gasteiger partial charge in [-0.15, -0.1) is 0 Å². The van der Waals surface area contributed by atoms with Gasteiger partial charge in [-0.05, 0) is 17.7 Å². The zero-order valence-electron chi connectivity index (χ0n) is 11.6. The van der Waals surface area contributed by atoms with Crippen molar-refractivity contribution in [3.8, 4) is 0 Å². The van der Waals surface area contributed by atoms with Gasteiger partial charge in [0.25, 0.3) is 0 Å². The molecule has 4 N–H and O–H groups in total. The smallest absolute Gasteiger partial charge is 0.208 e. The van der Waals surface area contributed by atoms with Crippen molar-refractivity contribution in [2.75, 3.05) is 0 Å². The number of halogens is 1. The fourth-order valence-corrected chi connectivity index (χ4v) is 1.89. The molecule has 0 aliphatic rings. The van der Waals surface area contributed by atoms with Crippen molar-refractivity contribution in [3.63, 3.8) is 0 Å². The molecule has 112 valence electrons. The van der Waals surface area contributed by atoms with Crippen LogP contribution in [0.2, 0.25) is 0 Å². The van der Waals surface area contributed by atoms with E-state index < -0.39 is 5.82 Å². The van der Waals surface area contributed by atoms with Gasteiger partial charge in [0.05, 0.1) is 12.7 Å². The average molecular weight is 292 g/mol. The third kappa shape index (κ3) is 3.79. The van der Waals surface area contributed by atoms with Gasteiger partial charge >= 0.3 is 0 Å². The van der Waals surface area contributed by atoms with Crippen LogP contribution in [0.15, 0.2) is 34.0 Å². The quantitative estimate of drug-likeness (QED) is 0.326. The molecule has 0 unspecified atom stereocenters. The minimum absolute atomic E-state index is 0.129. The Morgan fingerprint density at radius 2 is 2.29 bits per heavy atom. The molecule has 1 heterocycles. The first kappa shape index (κ1) is 15.0. The third-order valence-corrected chi connectivity index (χ3v) is 3.00. The molecule has 7 heteroatoms. The SMILES string of the molecule is CCc1cnc(CNCc2ccc(F)cc2/C(N)=N/O)o1. The molecule has 0 amide bonds. The van der Waals surface area contributed by atoms with Gasteiger partial charge in [-0.1, -0.05) is 18.1 Å². The molecule has 21 heavy (non-hydrogen) atoms. The molecule has 2 rings (SSSR count). The number of nitrogens with one attached hydrogen (secondary N) is 1. The summed E-state index contributed by atoms with van der Waals surface area (Å²) in [5.74, 6) is 0.835. The lowest BCUT2D eigenvalue weighted by atomic mass is 10.1. The van der Waals surface area contributed by atoms with E-state index in [-0.39, 0.29) is 5.84 Å². The summed E-state index contributed by atoms with van der Waals surface area (Å²) in [6, 6.07) is 4.14. The zero-order valence-corrected chi connectivity index (χ0v) is 11.6. The number of aromatic nitrogens is 1. The normalized spacial score (nSPS) is 11.8. The van der Waals surface area contributed by atoms with Crippen molar-refractivity contribution in [1.29, 1.82) is 0 Å². The number of hydrogen-bond acceptors (Lipinski definition) is 5. The second kappa shape index (κ2) is 6.85. The summed E-state index contributed by atoms with van der Waals surface area (Å²) in [6.07, 6.45) is 2.48. The standard InChI is InChI=1S/C14H17FN4O2/c1-2-11-7-18-13(21-11)8-17-6-9-3-4-10(15)5-12(9)14(16)19-20/h3-5,7,17,20H,2,6,8H2,1H3,(H2,16,19). The number of aryl methyl sites for hydroxylation is 1. The van der Waals surface area contributed by atoms with Crippen molar-refractivity contribution < 1.29 is 14.0 Å². The van der Waals surface area contributed by atoms with E-state index in [1.54, 1.807) is 12.3 Å². The molecule has 0 radical (unpaired) electrons. The predicted octanol–water partition coefficient (Wildman–Crippen LogP) is 1.76. The van der Waals surface area contributed by atoms with Crippen LogP contribution in [0.5, 0.6) is 0 Å². The third-order valence-electron chi connectivity index (χ3n) is 3.00. The van der Waals surface area contributed by atoms with Gasteiger partial charge in [-0.2, -0.15) is 0 Å². The van der Waals surface area contributed by atoms with Gasteiger partial charge in [-0.25, -0.2) is 9.37 Å². The number of amidine groups is 1. The van der Waals surface area contributed by atoms with Crippen LogP contribution in [0, 0.1) is 5.82 Å². The van der Waals surface area contributed by atoms with Crippen LogP contribution in [0.1, 0.15) is 29.7 Å². The van der Waals surface area contributed by atoms with Gasteiger partial charge in [0.2, 0.25) is 5.89 Å². The highest BCUT2D eigenvalue weighted by Gasteiger charge is 2.09. The van der Waals surface area contributed by atoms with E-state index in [0.29, 0.717) is 30.1 Å². The number of nitrogens with two attached hydrogens (primary N) is 1. The highest BCUT2D eigenvalue weighted by Crippen LogP contribution is 2.12. The predicted molar refractivity (Wildman–Crippen MR) is 75.3 cm³/mol. The lowest BCUT2D eigenvalue weighted by Crippen LogP contribution is -2.20. The largest absolute Gasteiger partial charge is 0.444 e. The molecular formula is C14H17FN4O2. The summed E-state index contributed by atoms with van der Waals surface area (Å²) in [6.45, 7) is 2.84. The van der Waals surface area contributed by atoms with E-state index in [0.717, 1.165) is 12.2 Å². The Bertz CT molecular complexity index is 640. The molecular weight excluding hydrogens is 275 g/mol. The van der Waals surface area contributed by atoms with Crippen LogP contribution in [0.3, 0.4) is 0 Å². The van der Waals surface area contributed by atoms with E-state index in [9.17, 15) is 4.39 Å². The molecule has 0 fully saturated rings. The Labute approximate surface area is 121 Å².